The van der Waals surface area contributed by atoms with Crippen LogP contribution in [-0.4, -0.2) is 16.6 Å². The van der Waals surface area contributed by atoms with Crippen molar-refractivity contribution < 1.29 is 4.79 Å². The fourth-order valence-corrected chi connectivity index (χ4v) is 4.43. The highest BCUT2D eigenvalue weighted by Gasteiger charge is 2.18. The van der Waals surface area contributed by atoms with E-state index in [4.69, 9.17) is 4.99 Å². The van der Waals surface area contributed by atoms with E-state index in [1.54, 1.807) is 6.20 Å². The third kappa shape index (κ3) is 3.76. The average Bonchev–Trinajstić information content (AvgIpc) is 3.51. The van der Waals surface area contributed by atoms with Crippen molar-refractivity contribution in [3.63, 3.8) is 0 Å². The quantitative estimate of drug-likeness (QED) is 0.419. The van der Waals surface area contributed by atoms with Crippen LogP contribution in [0.4, 0.5) is 11.4 Å². The number of pyridine rings is 1. The molecule has 2 aliphatic rings. The summed E-state index contributed by atoms with van der Waals surface area (Å²) in [6, 6.07) is 24.1. The van der Waals surface area contributed by atoms with Crippen LogP contribution in [0.15, 0.2) is 96.3 Å². The minimum atomic E-state index is -0.106. The predicted octanol–water partition coefficient (Wildman–Crippen LogP) is 6.25. The maximum absolute atomic E-state index is 12.7. The summed E-state index contributed by atoms with van der Waals surface area (Å²) >= 11 is 0. The zero-order valence-electron chi connectivity index (χ0n) is 18.0. The van der Waals surface area contributed by atoms with E-state index in [0.29, 0.717) is 5.56 Å². The fourth-order valence-electron chi connectivity index (χ4n) is 4.43. The van der Waals surface area contributed by atoms with Gasteiger partial charge in [-0.15, -0.1) is 0 Å². The highest BCUT2D eigenvalue weighted by molar-refractivity contribution is 6.08. The third-order valence-electron chi connectivity index (χ3n) is 6.20. The van der Waals surface area contributed by atoms with E-state index < -0.39 is 0 Å². The summed E-state index contributed by atoms with van der Waals surface area (Å²) in [4.78, 5) is 21.8. The van der Waals surface area contributed by atoms with Crippen molar-refractivity contribution in [2.24, 2.45) is 4.99 Å². The Morgan fingerprint density at radius 2 is 1.73 bits per heavy atom. The van der Waals surface area contributed by atoms with Gasteiger partial charge >= 0.3 is 0 Å². The van der Waals surface area contributed by atoms with E-state index in [1.165, 1.54) is 16.7 Å². The number of rotatable bonds is 4. The molecule has 0 unspecified atom stereocenters. The Kier molecular flexibility index (Phi) is 4.69. The molecule has 4 nitrogen and oxygen atoms in total. The fraction of sp³-hybridized carbons (Fsp3) is 0.0690. The summed E-state index contributed by atoms with van der Waals surface area (Å²) in [5.74, 6) is -0.106. The second-order valence-corrected chi connectivity index (χ2v) is 8.37. The second-order valence-electron chi connectivity index (χ2n) is 8.37. The molecule has 0 spiro atoms. The van der Waals surface area contributed by atoms with E-state index in [2.05, 4.69) is 46.7 Å². The molecule has 1 aliphatic carbocycles. The molecule has 33 heavy (non-hydrogen) atoms. The number of benzene rings is 3. The summed E-state index contributed by atoms with van der Waals surface area (Å²) < 4.78 is 0. The number of fused-ring (bicyclic) bond motifs is 2. The van der Waals surface area contributed by atoms with E-state index in [0.717, 1.165) is 46.6 Å². The van der Waals surface area contributed by atoms with Crippen LogP contribution in [0.3, 0.4) is 0 Å². The third-order valence-corrected chi connectivity index (χ3v) is 6.20. The molecule has 2 heterocycles. The van der Waals surface area contributed by atoms with Crippen LogP contribution in [0.25, 0.3) is 17.2 Å². The van der Waals surface area contributed by atoms with Gasteiger partial charge in [-0.2, -0.15) is 0 Å². The number of allylic oxidation sites excluding steroid dienone is 1. The van der Waals surface area contributed by atoms with Crippen LogP contribution in [-0.2, 0) is 12.8 Å². The molecule has 1 aliphatic heterocycles. The highest BCUT2D eigenvalue weighted by atomic mass is 16.1. The van der Waals surface area contributed by atoms with E-state index in [9.17, 15) is 4.79 Å². The van der Waals surface area contributed by atoms with Gasteiger partial charge < -0.3 is 5.32 Å². The summed E-state index contributed by atoms with van der Waals surface area (Å²) in [7, 11) is 0. The number of anilines is 1. The van der Waals surface area contributed by atoms with E-state index >= 15 is 0 Å². The lowest BCUT2D eigenvalue weighted by Crippen LogP contribution is -2.12. The van der Waals surface area contributed by atoms with Crippen molar-refractivity contribution in [2.45, 2.75) is 12.8 Å². The van der Waals surface area contributed by atoms with Crippen LogP contribution >= 0.6 is 0 Å². The van der Waals surface area contributed by atoms with Gasteiger partial charge in [-0.1, -0.05) is 42.5 Å². The van der Waals surface area contributed by atoms with Crippen molar-refractivity contribution in [2.75, 3.05) is 5.32 Å². The maximum Gasteiger partial charge on any atom is 0.255 e. The molecule has 1 aromatic heterocycles. The molecule has 0 radical (unpaired) electrons. The molecule has 4 heteroatoms. The lowest BCUT2D eigenvalue weighted by molar-refractivity contribution is 0.102. The number of aromatic nitrogens is 1. The average molecular weight is 428 g/mol. The first-order valence-corrected chi connectivity index (χ1v) is 11.1. The normalized spacial score (nSPS) is 13.4. The lowest BCUT2D eigenvalue weighted by atomic mass is 9.99. The monoisotopic (exact) mass is 427 g/mol. The molecule has 0 atom stereocenters. The van der Waals surface area contributed by atoms with Crippen LogP contribution in [0.1, 0.15) is 32.6 Å². The number of carbonyl (C=O) groups is 1. The number of aliphatic imine (C=N–C) groups is 1. The molecule has 1 N–H and O–H groups in total. The van der Waals surface area contributed by atoms with Crippen molar-refractivity contribution in [3.8, 4) is 11.1 Å². The molecule has 3 aromatic carbocycles. The Balaban J connectivity index is 1.16. The largest absolute Gasteiger partial charge is 0.322 e. The number of hydrogen-bond donors (Lipinski definition) is 1. The zero-order valence-corrected chi connectivity index (χ0v) is 18.0. The van der Waals surface area contributed by atoms with Gasteiger partial charge in [-0.3, -0.25) is 14.8 Å². The SMILES string of the molecule is O=C(Nc1ccc2c(c1)CC=C2)c1ccc(C2=Nc3ccc(-c4cccnc4)cc3C2)cc1. The first kappa shape index (κ1) is 19.4. The number of carbonyl (C=O) groups excluding carboxylic acids is 1. The summed E-state index contributed by atoms with van der Waals surface area (Å²) in [6.45, 7) is 0. The van der Waals surface area contributed by atoms with Crippen LogP contribution in [0.2, 0.25) is 0 Å². The van der Waals surface area contributed by atoms with Gasteiger partial charge in [0.15, 0.2) is 0 Å². The Morgan fingerprint density at radius 1 is 0.848 bits per heavy atom. The zero-order chi connectivity index (χ0) is 22.2. The molecular formula is C29H21N3O. The minimum Gasteiger partial charge on any atom is -0.322 e. The number of amides is 1. The molecule has 0 bridgehead atoms. The molecule has 0 fully saturated rings. The van der Waals surface area contributed by atoms with Gasteiger partial charge in [0.2, 0.25) is 0 Å². The van der Waals surface area contributed by atoms with Crippen molar-refractivity contribution in [1.82, 2.24) is 4.98 Å². The number of nitrogens with one attached hydrogen (secondary N) is 1. The topological polar surface area (TPSA) is 54.4 Å². The van der Waals surface area contributed by atoms with E-state index in [-0.39, 0.29) is 5.91 Å². The first-order chi connectivity index (χ1) is 16.2. The van der Waals surface area contributed by atoms with Gasteiger partial charge in [0, 0.05) is 30.1 Å². The first-order valence-electron chi connectivity index (χ1n) is 11.1. The minimum absolute atomic E-state index is 0.106. The molecule has 6 rings (SSSR count). The van der Waals surface area contributed by atoms with Crippen LogP contribution in [0.5, 0.6) is 0 Å². The van der Waals surface area contributed by atoms with Crippen LogP contribution < -0.4 is 5.32 Å². The van der Waals surface area contributed by atoms with Gasteiger partial charge in [0.05, 0.1) is 11.4 Å². The smallest absolute Gasteiger partial charge is 0.255 e. The number of hydrogen-bond acceptors (Lipinski definition) is 3. The Bertz CT molecular complexity index is 1430. The maximum atomic E-state index is 12.7. The number of nitrogens with zero attached hydrogens (tertiary/aromatic N) is 2. The summed E-state index contributed by atoms with van der Waals surface area (Å²) in [5.41, 5.74) is 10.4. The molecule has 158 valence electrons. The molecule has 0 saturated heterocycles. The highest BCUT2D eigenvalue weighted by Crippen LogP contribution is 2.33. The molecular weight excluding hydrogens is 406 g/mol. The van der Waals surface area contributed by atoms with Gasteiger partial charge in [0.25, 0.3) is 5.91 Å². The molecule has 4 aromatic rings. The van der Waals surface area contributed by atoms with Gasteiger partial charge in [-0.25, -0.2) is 0 Å². The molecule has 1 amide bonds. The summed E-state index contributed by atoms with van der Waals surface area (Å²) in [6.07, 6.45) is 9.61. The van der Waals surface area contributed by atoms with Crippen molar-refractivity contribution in [1.29, 1.82) is 0 Å². The Morgan fingerprint density at radius 3 is 2.58 bits per heavy atom. The van der Waals surface area contributed by atoms with Gasteiger partial charge in [-0.05, 0) is 82.3 Å². The lowest BCUT2D eigenvalue weighted by Gasteiger charge is -2.08. The van der Waals surface area contributed by atoms with Crippen molar-refractivity contribution >= 4 is 29.1 Å². The molecule has 0 saturated carbocycles. The standard InChI is InChI=1S/C29H21N3O/c33-29(31-26-12-10-19-3-1-4-22(19)16-26)21-8-6-20(7-9-21)28-17-25-15-23(11-13-27(25)32-28)24-5-2-14-30-18-24/h1-3,5-16,18H,4,17H2,(H,31,33). The Hall–Kier alpha value is -4.31. The Labute approximate surface area is 192 Å². The summed E-state index contributed by atoms with van der Waals surface area (Å²) in [5, 5.41) is 3.01. The van der Waals surface area contributed by atoms with E-state index in [1.807, 2.05) is 54.7 Å². The van der Waals surface area contributed by atoms with Crippen LogP contribution in [0, 0.1) is 0 Å². The second kappa shape index (κ2) is 7.99. The van der Waals surface area contributed by atoms with Crippen molar-refractivity contribution in [3.05, 3.63) is 119 Å². The van der Waals surface area contributed by atoms with Gasteiger partial charge in [0.1, 0.15) is 0 Å². The predicted molar refractivity (Wildman–Crippen MR) is 133 cm³/mol.